The average Bonchev–Trinajstić information content (AvgIpc) is 3.35. The number of phenolic OH excluding ortho intramolecular Hbond substituents is 1. The van der Waals surface area contributed by atoms with E-state index in [4.69, 9.17) is 14.2 Å². The molecule has 3 aliphatic heterocycles. The summed E-state index contributed by atoms with van der Waals surface area (Å²) in [6, 6.07) is 17.3. The predicted molar refractivity (Wildman–Crippen MR) is 187 cm³/mol. The second-order valence-corrected chi connectivity index (χ2v) is 13.7. The molecule has 0 saturated heterocycles. The summed E-state index contributed by atoms with van der Waals surface area (Å²) in [5, 5.41) is 9.84. The quantitative estimate of drug-likeness (QED) is 0.257. The molecule has 248 valence electrons. The first kappa shape index (κ1) is 31.6. The highest BCUT2D eigenvalue weighted by molar-refractivity contribution is 5.98. The van der Waals surface area contributed by atoms with Gasteiger partial charge in [-0.1, -0.05) is 25.2 Å². The number of nitrogens with zero attached hydrogens (tertiary/aromatic N) is 2. The SMILES string of the molecule is CCOC(=O)CCCN1c2cc3c(cc2C(C)=CC1(C)C)C1(OC(=O)C2=C1C(C)CC=C2)c1ccc(N(C)c2ccc(O)cc2)cc1O3. The molecule has 3 aromatic carbocycles. The second-order valence-electron chi connectivity index (χ2n) is 13.7. The molecule has 48 heavy (non-hydrogen) atoms. The summed E-state index contributed by atoms with van der Waals surface area (Å²) < 4.78 is 18.6. The molecule has 0 radical (unpaired) electrons. The van der Waals surface area contributed by atoms with E-state index in [1.807, 2.05) is 55.3 Å². The summed E-state index contributed by atoms with van der Waals surface area (Å²) >= 11 is 0. The van der Waals surface area contributed by atoms with Crippen molar-refractivity contribution >= 4 is 34.6 Å². The Morgan fingerprint density at radius 3 is 2.54 bits per heavy atom. The van der Waals surface area contributed by atoms with Gasteiger partial charge in [0.15, 0.2) is 5.60 Å². The third-order valence-corrected chi connectivity index (χ3v) is 10.1. The van der Waals surface area contributed by atoms with Crippen LogP contribution in [0.1, 0.15) is 70.6 Å². The molecule has 0 bridgehead atoms. The van der Waals surface area contributed by atoms with Crippen molar-refractivity contribution in [3.63, 3.8) is 0 Å². The molecule has 4 aliphatic rings. The zero-order valence-electron chi connectivity index (χ0n) is 28.4. The van der Waals surface area contributed by atoms with E-state index in [1.54, 1.807) is 12.1 Å². The Kier molecular flexibility index (Phi) is 7.65. The van der Waals surface area contributed by atoms with Crippen LogP contribution in [-0.4, -0.2) is 42.8 Å². The van der Waals surface area contributed by atoms with Gasteiger partial charge in [0.1, 0.15) is 17.2 Å². The van der Waals surface area contributed by atoms with Crippen LogP contribution < -0.4 is 14.5 Å². The number of ether oxygens (including phenoxy) is 3. The van der Waals surface area contributed by atoms with Crippen LogP contribution in [0.5, 0.6) is 17.2 Å². The molecule has 8 nitrogen and oxygen atoms in total. The van der Waals surface area contributed by atoms with Gasteiger partial charge in [-0.15, -0.1) is 0 Å². The maximum Gasteiger partial charge on any atom is 0.339 e. The Bertz CT molecular complexity index is 1920. The van der Waals surface area contributed by atoms with Gasteiger partial charge in [0.25, 0.3) is 0 Å². The van der Waals surface area contributed by atoms with Crippen molar-refractivity contribution in [2.24, 2.45) is 5.92 Å². The van der Waals surface area contributed by atoms with Crippen molar-refractivity contribution in [2.75, 3.05) is 30.0 Å². The molecule has 8 heteroatoms. The second kappa shape index (κ2) is 11.6. The van der Waals surface area contributed by atoms with Crippen molar-refractivity contribution in [1.82, 2.24) is 0 Å². The average molecular weight is 647 g/mol. The number of fused-ring (bicyclic) bond motifs is 6. The van der Waals surface area contributed by atoms with Crippen LogP contribution in [0.25, 0.3) is 5.57 Å². The van der Waals surface area contributed by atoms with E-state index in [0.29, 0.717) is 43.1 Å². The minimum atomic E-state index is -1.15. The number of benzene rings is 3. The molecule has 2 unspecified atom stereocenters. The van der Waals surface area contributed by atoms with E-state index < -0.39 is 5.60 Å². The Balaban J connectivity index is 1.39. The summed E-state index contributed by atoms with van der Waals surface area (Å²) in [5.41, 5.74) is 6.68. The van der Waals surface area contributed by atoms with Gasteiger partial charge in [-0.25, -0.2) is 4.79 Å². The zero-order chi connectivity index (χ0) is 34.0. The number of hydrogen-bond acceptors (Lipinski definition) is 8. The van der Waals surface area contributed by atoms with Crippen LogP contribution in [0, 0.1) is 5.92 Å². The first-order chi connectivity index (χ1) is 22.9. The fraction of sp³-hybridized carbons (Fsp3) is 0.350. The number of esters is 2. The Labute approximate surface area is 281 Å². The van der Waals surface area contributed by atoms with Crippen LogP contribution in [-0.2, 0) is 24.7 Å². The van der Waals surface area contributed by atoms with E-state index in [1.165, 1.54) is 0 Å². The molecule has 2 atom stereocenters. The lowest BCUT2D eigenvalue weighted by molar-refractivity contribution is -0.145. The summed E-state index contributed by atoms with van der Waals surface area (Å²) in [5.74, 6) is 1.00. The molecule has 0 fully saturated rings. The number of anilines is 3. The molecule has 3 heterocycles. The maximum atomic E-state index is 13.7. The standard InChI is InChI=1S/C40H42N2O6/c1-7-46-36(44)12-9-19-42-33-22-35-32(21-30(33)25(3)23-39(42,4)5)40(37-24(2)10-8-11-29(37)38(45)48-40)31-18-15-27(20-34(31)47-35)41(6)26-13-16-28(43)17-14-26/h8,11,13-18,20-24,43H,7,9-10,12,19H2,1-6H3. The maximum absolute atomic E-state index is 13.7. The van der Waals surface area contributed by atoms with Crippen LogP contribution >= 0.6 is 0 Å². The number of carbonyl (C=O) groups excluding carboxylic acids is 2. The fourth-order valence-electron chi connectivity index (χ4n) is 7.90. The molecule has 3 aromatic rings. The largest absolute Gasteiger partial charge is 0.508 e. The summed E-state index contributed by atoms with van der Waals surface area (Å²) in [4.78, 5) is 30.2. The number of hydrogen-bond donors (Lipinski definition) is 1. The van der Waals surface area contributed by atoms with Gasteiger partial charge in [-0.05, 0) is 94.5 Å². The first-order valence-electron chi connectivity index (χ1n) is 16.8. The van der Waals surface area contributed by atoms with E-state index in [2.05, 4.69) is 56.9 Å². The fourth-order valence-corrected chi connectivity index (χ4v) is 7.90. The summed E-state index contributed by atoms with van der Waals surface area (Å²) in [6.07, 6.45) is 8.01. The van der Waals surface area contributed by atoms with Crippen molar-refractivity contribution in [3.8, 4) is 17.2 Å². The lowest BCUT2D eigenvalue weighted by Crippen LogP contribution is -2.46. The molecule has 1 spiro atoms. The van der Waals surface area contributed by atoms with Crippen LogP contribution in [0.15, 0.2) is 84.0 Å². The van der Waals surface area contributed by atoms with Gasteiger partial charge >= 0.3 is 11.9 Å². The highest BCUT2D eigenvalue weighted by atomic mass is 16.6. The topological polar surface area (TPSA) is 88.5 Å². The van der Waals surface area contributed by atoms with Crippen molar-refractivity contribution in [1.29, 1.82) is 0 Å². The third-order valence-electron chi connectivity index (χ3n) is 10.1. The Hall–Kier alpha value is -4.98. The normalized spacial score (nSPS) is 21.5. The van der Waals surface area contributed by atoms with Crippen LogP contribution in [0.4, 0.5) is 17.1 Å². The number of rotatable bonds is 7. The van der Waals surface area contributed by atoms with E-state index in [0.717, 1.165) is 51.3 Å². The smallest absolute Gasteiger partial charge is 0.339 e. The van der Waals surface area contributed by atoms with E-state index in [-0.39, 0.29) is 29.1 Å². The lowest BCUT2D eigenvalue weighted by atomic mass is 9.70. The van der Waals surface area contributed by atoms with Crippen molar-refractivity contribution in [2.45, 2.75) is 65.0 Å². The monoisotopic (exact) mass is 646 g/mol. The third kappa shape index (κ3) is 4.97. The highest BCUT2D eigenvalue weighted by Crippen LogP contribution is 2.61. The number of carbonyl (C=O) groups is 2. The zero-order valence-corrected chi connectivity index (χ0v) is 28.4. The molecule has 0 saturated carbocycles. The van der Waals surface area contributed by atoms with Gasteiger partial charge in [-0.2, -0.15) is 0 Å². The van der Waals surface area contributed by atoms with Gasteiger partial charge < -0.3 is 29.1 Å². The lowest BCUT2D eigenvalue weighted by Gasteiger charge is -2.45. The van der Waals surface area contributed by atoms with Crippen molar-refractivity contribution in [3.05, 3.63) is 101 Å². The van der Waals surface area contributed by atoms with Gasteiger partial charge in [0, 0.05) is 71.5 Å². The van der Waals surface area contributed by atoms with E-state index in [9.17, 15) is 14.7 Å². The summed E-state index contributed by atoms with van der Waals surface area (Å²) in [6.45, 7) is 11.5. The Morgan fingerprint density at radius 2 is 1.79 bits per heavy atom. The number of aromatic hydroxyl groups is 1. The predicted octanol–water partition coefficient (Wildman–Crippen LogP) is 8.30. The van der Waals surface area contributed by atoms with Crippen LogP contribution in [0.3, 0.4) is 0 Å². The molecule has 0 amide bonds. The summed E-state index contributed by atoms with van der Waals surface area (Å²) in [7, 11) is 1.96. The molecular weight excluding hydrogens is 604 g/mol. The minimum Gasteiger partial charge on any atom is -0.508 e. The molecule has 1 N–H and O–H groups in total. The Morgan fingerprint density at radius 1 is 1.06 bits per heavy atom. The molecule has 0 aromatic heterocycles. The number of allylic oxidation sites excluding steroid dienone is 2. The van der Waals surface area contributed by atoms with Crippen molar-refractivity contribution < 1.29 is 28.9 Å². The molecule has 1 aliphatic carbocycles. The van der Waals surface area contributed by atoms with Crippen LogP contribution in [0.2, 0.25) is 0 Å². The molecule has 7 rings (SSSR count). The van der Waals surface area contributed by atoms with Gasteiger partial charge in [0.2, 0.25) is 0 Å². The van der Waals surface area contributed by atoms with Gasteiger partial charge in [-0.3, -0.25) is 4.79 Å². The van der Waals surface area contributed by atoms with E-state index >= 15 is 0 Å². The minimum absolute atomic E-state index is 0.0700. The number of phenols is 1. The first-order valence-corrected chi connectivity index (χ1v) is 16.8. The highest BCUT2D eigenvalue weighted by Gasteiger charge is 2.56. The molecular formula is C40H42N2O6. The van der Waals surface area contributed by atoms with Gasteiger partial charge in [0.05, 0.1) is 17.7 Å².